The van der Waals surface area contributed by atoms with Crippen molar-refractivity contribution in [2.75, 3.05) is 20.2 Å². The lowest BCUT2D eigenvalue weighted by Crippen LogP contribution is -2.32. The molecule has 4 heteroatoms. The van der Waals surface area contributed by atoms with Crippen molar-refractivity contribution < 1.29 is 4.74 Å². The number of ether oxygens (including phenoxy) is 1. The van der Waals surface area contributed by atoms with Gasteiger partial charge in [0, 0.05) is 36.3 Å². The summed E-state index contributed by atoms with van der Waals surface area (Å²) in [5.74, 6) is 0.903. The zero-order valence-electron chi connectivity index (χ0n) is 15.5. The van der Waals surface area contributed by atoms with Gasteiger partial charge in [0.25, 0.3) is 0 Å². The first kappa shape index (κ1) is 16.6. The van der Waals surface area contributed by atoms with Crippen LogP contribution < -0.4 is 4.74 Å². The molecule has 1 saturated carbocycles. The second-order valence-electron chi connectivity index (χ2n) is 7.41. The Kier molecular flexibility index (Phi) is 4.80. The maximum atomic E-state index is 5.32. The van der Waals surface area contributed by atoms with Crippen molar-refractivity contribution in [2.45, 2.75) is 58.0 Å². The molecule has 0 spiro atoms. The lowest BCUT2D eigenvalue weighted by Gasteiger charge is -2.28. The second-order valence-corrected chi connectivity index (χ2v) is 7.41. The molecular formula is C21H29N3O. The molecule has 0 N–H and O–H groups in total. The predicted octanol–water partition coefficient (Wildman–Crippen LogP) is 4.44. The van der Waals surface area contributed by atoms with Crippen LogP contribution in [0.3, 0.4) is 0 Å². The number of rotatable bonds is 5. The van der Waals surface area contributed by atoms with Crippen LogP contribution in [0, 0.1) is 0 Å². The molecule has 1 aliphatic heterocycles. The standard InChI is InChI=1S/C21H29N3O/c1-3-13-23-14-12-20-19(15-23)21(16-8-10-18(25-2)11-9-16)22-24(20)17-6-4-5-7-17/h8-11,17H,3-7,12-15H2,1-2H3. The Labute approximate surface area is 150 Å². The van der Waals surface area contributed by atoms with Crippen molar-refractivity contribution in [3.8, 4) is 17.0 Å². The Hall–Kier alpha value is -1.81. The van der Waals surface area contributed by atoms with Gasteiger partial charge >= 0.3 is 0 Å². The Morgan fingerprint density at radius 1 is 1.16 bits per heavy atom. The zero-order valence-corrected chi connectivity index (χ0v) is 15.5. The van der Waals surface area contributed by atoms with Crippen molar-refractivity contribution >= 4 is 0 Å². The van der Waals surface area contributed by atoms with Gasteiger partial charge in [0.2, 0.25) is 0 Å². The fourth-order valence-electron chi connectivity index (χ4n) is 4.44. The van der Waals surface area contributed by atoms with E-state index >= 15 is 0 Å². The Morgan fingerprint density at radius 2 is 1.92 bits per heavy atom. The number of methoxy groups -OCH3 is 1. The first-order chi connectivity index (χ1) is 12.3. The van der Waals surface area contributed by atoms with Crippen LogP contribution in [-0.2, 0) is 13.0 Å². The molecule has 0 bridgehead atoms. The normalized spacial score (nSPS) is 18.5. The van der Waals surface area contributed by atoms with E-state index in [-0.39, 0.29) is 0 Å². The van der Waals surface area contributed by atoms with Crippen molar-refractivity contribution in [2.24, 2.45) is 0 Å². The summed E-state index contributed by atoms with van der Waals surface area (Å²) in [6, 6.07) is 9.00. The number of aromatic nitrogens is 2. The van der Waals surface area contributed by atoms with Gasteiger partial charge in [-0.2, -0.15) is 5.10 Å². The topological polar surface area (TPSA) is 30.3 Å². The van der Waals surface area contributed by atoms with Crippen LogP contribution in [0.1, 0.15) is 56.3 Å². The highest BCUT2D eigenvalue weighted by Gasteiger charge is 2.29. The van der Waals surface area contributed by atoms with E-state index in [0.29, 0.717) is 6.04 Å². The van der Waals surface area contributed by atoms with Crippen molar-refractivity contribution in [3.63, 3.8) is 0 Å². The lowest BCUT2D eigenvalue weighted by molar-refractivity contribution is 0.249. The zero-order chi connectivity index (χ0) is 17.2. The maximum Gasteiger partial charge on any atom is 0.118 e. The number of fused-ring (bicyclic) bond motifs is 1. The molecule has 0 radical (unpaired) electrons. The third-order valence-corrected chi connectivity index (χ3v) is 5.74. The molecule has 1 aromatic carbocycles. The highest BCUT2D eigenvalue weighted by Crippen LogP contribution is 2.37. The van der Waals surface area contributed by atoms with Crippen LogP contribution in [0.25, 0.3) is 11.3 Å². The number of hydrogen-bond donors (Lipinski definition) is 0. The third-order valence-electron chi connectivity index (χ3n) is 5.74. The summed E-state index contributed by atoms with van der Waals surface area (Å²) in [5, 5.41) is 5.14. The Morgan fingerprint density at radius 3 is 2.60 bits per heavy atom. The molecule has 4 nitrogen and oxygen atoms in total. The monoisotopic (exact) mass is 339 g/mol. The average Bonchev–Trinajstić information content (AvgIpc) is 3.29. The van der Waals surface area contributed by atoms with Gasteiger partial charge in [-0.15, -0.1) is 0 Å². The summed E-state index contributed by atoms with van der Waals surface area (Å²) < 4.78 is 7.71. The predicted molar refractivity (Wildman–Crippen MR) is 101 cm³/mol. The average molecular weight is 339 g/mol. The summed E-state index contributed by atoms with van der Waals surface area (Å²) in [6.45, 7) is 5.65. The summed E-state index contributed by atoms with van der Waals surface area (Å²) in [6.07, 6.45) is 7.61. The molecule has 2 aromatic rings. The molecular weight excluding hydrogens is 310 g/mol. The van der Waals surface area contributed by atoms with Crippen molar-refractivity contribution in [3.05, 3.63) is 35.5 Å². The summed E-state index contributed by atoms with van der Waals surface area (Å²) in [5.41, 5.74) is 5.35. The van der Waals surface area contributed by atoms with Crippen molar-refractivity contribution in [1.82, 2.24) is 14.7 Å². The van der Waals surface area contributed by atoms with Crippen LogP contribution >= 0.6 is 0 Å². The van der Waals surface area contributed by atoms with Crippen molar-refractivity contribution in [1.29, 1.82) is 0 Å². The fourth-order valence-corrected chi connectivity index (χ4v) is 4.44. The molecule has 25 heavy (non-hydrogen) atoms. The van der Waals surface area contributed by atoms with E-state index in [1.807, 2.05) is 12.1 Å². The quantitative estimate of drug-likeness (QED) is 0.806. The SMILES string of the molecule is CCCN1CCc2c(c(-c3ccc(OC)cc3)nn2C2CCCC2)C1. The minimum Gasteiger partial charge on any atom is -0.497 e. The highest BCUT2D eigenvalue weighted by atomic mass is 16.5. The van der Waals surface area contributed by atoms with E-state index in [1.165, 1.54) is 67.7 Å². The van der Waals surface area contributed by atoms with Crippen LogP contribution in [-0.4, -0.2) is 34.9 Å². The summed E-state index contributed by atoms with van der Waals surface area (Å²) >= 11 is 0. The van der Waals surface area contributed by atoms with E-state index in [2.05, 4.69) is 28.6 Å². The highest BCUT2D eigenvalue weighted by molar-refractivity contribution is 5.65. The summed E-state index contributed by atoms with van der Waals surface area (Å²) in [7, 11) is 1.72. The molecule has 0 saturated heterocycles. The van der Waals surface area contributed by atoms with Gasteiger partial charge in [-0.05, 0) is 50.1 Å². The molecule has 0 atom stereocenters. The number of benzene rings is 1. The Balaban J connectivity index is 1.74. The van der Waals surface area contributed by atoms with Crippen LogP contribution in [0.2, 0.25) is 0 Å². The van der Waals surface area contributed by atoms with Gasteiger partial charge in [-0.25, -0.2) is 0 Å². The molecule has 2 aliphatic rings. The first-order valence-electron chi connectivity index (χ1n) is 9.77. The molecule has 2 heterocycles. The minimum atomic E-state index is 0.610. The van der Waals surface area contributed by atoms with Crippen LogP contribution in [0.15, 0.2) is 24.3 Å². The third kappa shape index (κ3) is 3.20. The van der Waals surface area contributed by atoms with Crippen LogP contribution in [0.4, 0.5) is 0 Å². The number of nitrogens with zero attached hydrogens (tertiary/aromatic N) is 3. The van der Waals surface area contributed by atoms with Gasteiger partial charge < -0.3 is 4.74 Å². The fraction of sp³-hybridized carbons (Fsp3) is 0.571. The molecule has 0 unspecified atom stereocenters. The first-order valence-corrected chi connectivity index (χ1v) is 9.77. The van der Waals surface area contributed by atoms with Gasteiger partial charge in [0.05, 0.1) is 18.8 Å². The number of hydrogen-bond acceptors (Lipinski definition) is 3. The molecule has 4 rings (SSSR count). The van der Waals surface area contributed by atoms with Gasteiger partial charge in [0.15, 0.2) is 0 Å². The molecule has 1 aromatic heterocycles. The van der Waals surface area contributed by atoms with E-state index in [9.17, 15) is 0 Å². The summed E-state index contributed by atoms with van der Waals surface area (Å²) in [4.78, 5) is 2.58. The molecule has 0 amide bonds. The van der Waals surface area contributed by atoms with Gasteiger partial charge in [-0.1, -0.05) is 19.8 Å². The molecule has 1 fully saturated rings. The van der Waals surface area contributed by atoms with E-state index in [1.54, 1.807) is 7.11 Å². The molecule has 1 aliphatic carbocycles. The Bertz CT molecular complexity index is 713. The largest absolute Gasteiger partial charge is 0.497 e. The maximum absolute atomic E-state index is 5.32. The van der Waals surface area contributed by atoms with Gasteiger partial charge in [0.1, 0.15) is 5.75 Å². The van der Waals surface area contributed by atoms with Gasteiger partial charge in [-0.3, -0.25) is 9.58 Å². The van der Waals surface area contributed by atoms with Crippen LogP contribution in [0.5, 0.6) is 5.75 Å². The second kappa shape index (κ2) is 7.20. The molecule has 134 valence electrons. The van der Waals surface area contributed by atoms with E-state index in [0.717, 1.165) is 18.7 Å². The van der Waals surface area contributed by atoms with E-state index < -0.39 is 0 Å². The smallest absolute Gasteiger partial charge is 0.118 e. The van der Waals surface area contributed by atoms with E-state index in [4.69, 9.17) is 9.84 Å². The minimum absolute atomic E-state index is 0.610. The lowest BCUT2D eigenvalue weighted by atomic mass is 10.0.